The fraction of sp³-hybridized carbons (Fsp3) is 0.500. The van der Waals surface area contributed by atoms with E-state index in [1.54, 1.807) is 23.9 Å². The molecular formula is C14H19N3O4S2. The lowest BCUT2D eigenvalue weighted by molar-refractivity contribution is -0.384. The Morgan fingerprint density at radius 1 is 1.30 bits per heavy atom. The Morgan fingerprint density at radius 3 is 2.65 bits per heavy atom. The minimum absolute atomic E-state index is 0.0883. The molecule has 1 aromatic rings. The minimum atomic E-state index is -0.413. The van der Waals surface area contributed by atoms with E-state index in [0.29, 0.717) is 38.6 Å². The van der Waals surface area contributed by atoms with E-state index in [0.717, 1.165) is 10.6 Å². The molecule has 126 valence electrons. The van der Waals surface area contributed by atoms with Crippen molar-refractivity contribution in [3.05, 3.63) is 34.4 Å². The number of carbonyl (C=O) groups excluding carboxylic acids is 1. The van der Waals surface area contributed by atoms with Crippen molar-refractivity contribution in [3.8, 4) is 0 Å². The number of morpholine rings is 1. The number of hydrogen-bond donors (Lipinski definition) is 1. The SMILES string of the molecule is O=C(CCSCNSc1ccc([N+](=O)[O-])cc1)N1CCOCC1. The van der Waals surface area contributed by atoms with E-state index in [9.17, 15) is 14.9 Å². The highest BCUT2D eigenvalue weighted by Gasteiger charge is 2.15. The van der Waals surface area contributed by atoms with Crippen molar-refractivity contribution < 1.29 is 14.5 Å². The summed E-state index contributed by atoms with van der Waals surface area (Å²) in [5.41, 5.74) is 0.0883. The summed E-state index contributed by atoms with van der Waals surface area (Å²) in [5.74, 6) is 1.66. The first-order valence-electron chi connectivity index (χ1n) is 7.24. The Balaban J connectivity index is 1.55. The van der Waals surface area contributed by atoms with Gasteiger partial charge in [0.05, 0.1) is 24.0 Å². The van der Waals surface area contributed by atoms with Crippen LogP contribution < -0.4 is 4.72 Å². The van der Waals surface area contributed by atoms with E-state index in [4.69, 9.17) is 4.74 Å². The molecule has 1 heterocycles. The summed E-state index contributed by atoms with van der Waals surface area (Å²) in [6.45, 7) is 2.65. The molecule has 1 N–H and O–H groups in total. The van der Waals surface area contributed by atoms with Crippen molar-refractivity contribution in [2.24, 2.45) is 0 Å². The Hall–Kier alpha value is -1.29. The van der Waals surface area contributed by atoms with Gasteiger partial charge in [0.15, 0.2) is 0 Å². The average Bonchev–Trinajstić information content (AvgIpc) is 2.59. The van der Waals surface area contributed by atoms with Gasteiger partial charge < -0.3 is 9.64 Å². The zero-order chi connectivity index (χ0) is 16.5. The van der Waals surface area contributed by atoms with Gasteiger partial charge in [0, 0.05) is 42.3 Å². The van der Waals surface area contributed by atoms with E-state index < -0.39 is 4.92 Å². The molecule has 0 atom stereocenters. The van der Waals surface area contributed by atoms with Crippen LogP contribution in [-0.2, 0) is 9.53 Å². The third-order valence-electron chi connectivity index (χ3n) is 3.22. The number of amides is 1. The number of benzene rings is 1. The summed E-state index contributed by atoms with van der Waals surface area (Å²) >= 11 is 3.08. The molecule has 0 aromatic heterocycles. The molecule has 0 radical (unpaired) electrons. The Morgan fingerprint density at radius 2 is 2.00 bits per heavy atom. The highest BCUT2D eigenvalue weighted by atomic mass is 32.2. The zero-order valence-corrected chi connectivity index (χ0v) is 14.2. The number of thioether (sulfide) groups is 1. The lowest BCUT2D eigenvalue weighted by Crippen LogP contribution is -2.40. The number of nitrogens with one attached hydrogen (secondary N) is 1. The van der Waals surface area contributed by atoms with Crippen LogP contribution in [0.1, 0.15) is 6.42 Å². The highest BCUT2D eigenvalue weighted by molar-refractivity contribution is 8.01. The lowest BCUT2D eigenvalue weighted by atomic mass is 10.3. The maximum Gasteiger partial charge on any atom is 0.269 e. The number of non-ortho nitro benzene ring substituents is 1. The normalized spacial score (nSPS) is 14.7. The topological polar surface area (TPSA) is 84.7 Å². The van der Waals surface area contributed by atoms with Gasteiger partial charge in [-0.15, -0.1) is 11.8 Å². The lowest BCUT2D eigenvalue weighted by Gasteiger charge is -2.26. The van der Waals surface area contributed by atoms with Gasteiger partial charge in [-0.2, -0.15) is 0 Å². The fourth-order valence-electron chi connectivity index (χ4n) is 1.99. The summed E-state index contributed by atoms with van der Waals surface area (Å²) in [6, 6.07) is 6.39. The monoisotopic (exact) mass is 357 g/mol. The van der Waals surface area contributed by atoms with E-state index >= 15 is 0 Å². The number of nitro groups is 1. The molecule has 0 spiro atoms. The van der Waals surface area contributed by atoms with Gasteiger partial charge in [-0.1, -0.05) is 0 Å². The zero-order valence-electron chi connectivity index (χ0n) is 12.6. The number of nitro benzene ring substituents is 1. The molecule has 1 amide bonds. The number of nitrogens with zero attached hydrogens (tertiary/aromatic N) is 2. The van der Waals surface area contributed by atoms with Crippen molar-refractivity contribution in [1.29, 1.82) is 0 Å². The first-order valence-corrected chi connectivity index (χ1v) is 9.21. The number of carbonyl (C=O) groups is 1. The van der Waals surface area contributed by atoms with Gasteiger partial charge in [-0.05, 0) is 24.1 Å². The molecule has 0 unspecified atom stereocenters. The predicted octanol–water partition coefficient (Wildman–Crippen LogP) is 2.13. The molecule has 1 fully saturated rings. The van der Waals surface area contributed by atoms with Gasteiger partial charge in [0.2, 0.25) is 5.91 Å². The third kappa shape index (κ3) is 6.38. The van der Waals surface area contributed by atoms with E-state index in [2.05, 4.69) is 4.72 Å². The van der Waals surface area contributed by atoms with Crippen LogP contribution in [0, 0.1) is 10.1 Å². The van der Waals surface area contributed by atoms with Crippen molar-refractivity contribution >= 4 is 35.3 Å². The molecular weight excluding hydrogens is 338 g/mol. The van der Waals surface area contributed by atoms with Crippen LogP contribution in [0.3, 0.4) is 0 Å². The van der Waals surface area contributed by atoms with Gasteiger partial charge in [-0.25, -0.2) is 4.72 Å². The maximum atomic E-state index is 11.9. The van der Waals surface area contributed by atoms with Gasteiger partial charge in [0.25, 0.3) is 5.69 Å². The van der Waals surface area contributed by atoms with Crippen molar-refractivity contribution in [3.63, 3.8) is 0 Å². The molecule has 1 aliphatic heterocycles. The number of rotatable bonds is 8. The fourth-order valence-corrected chi connectivity index (χ4v) is 3.46. The van der Waals surface area contributed by atoms with Crippen molar-refractivity contribution in [2.45, 2.75) is 11.3 Å². The standard InChI is InChI=1S/C14H19N3O4S2/c18-14(16-6-8-21-9-7-16)5-10-22-11-15-23-13-3-1-12(2-4-13)17(19)20/h1-4,15H,5-11H2. The first-order chi connectivity index (χ1) is 11.2. The molecule has 0 bridgehead atoms. The maximum absolute atomic E-state index is 11.9. The Kier molecular flexibility index (Phi) is 7.66. The van der Waals surface area contributed by atoms with Crippen LogP contribution in [0.15, 0.2) is 29.2 Å². The number of hydrogen-bond acceptors (Lipinski definition) is 7. The van der Waals surface area contributed by atoms with Crippen molar-refractivity contribution in [2.75, 3.05) is 37.9 Å². The molecule has 1 saturated heterocycles. The molecule has 9 heteroatoms. The van der Waals surface area contributed by atoms with Crippen LogP contribution in [0.5, 0.6) is 0 Å². The van der Waals surface area contributed by atoms with E-state index in [1.807, 2.05) is 4.90 Å². The highest BCUT2D eigenvalue weighted by Crippen LogP contribution is 2.19. The molecule has 1 aromatic carbocycles. The largest absolute Gasteiger partial charge is 0.378 e. The molecule has 23 heavy (non-hydrogen) atoms. The first kappa shape index (κ1) is 18.1. The second-order valence-corrected chi connectivity index (χ2v) is 6.86. The second-order valence-electron chi connectivity index (χ2n) is 4.79. The summed E-state index contributed by atoms with van der Waals surface area (Å²) in [5, 5.41) is 10.6. The predicted molar refractivity (Wildman–Crippen MR) is 91.4 cm³/mol. The Bertz CT molecular complexity index is 521. The van der Waals surface area contributed by atoms with Crippen LogP contribution in [0.2, 0.25) is 0 Å². The summed E-state index contributed by atoms with van der Waals surface area (Å²) in [7, 11) is 0. The van der Waals surface area contributed by atoms with Crippen LogP contribution in [0.4, 0.5) is 5.69 Å². The van der Waals surface area contributed by atoms with Gasteiger partial charge >= 0.3 is 0 Å². The Labute approximate surface area is 143 Å². The van der Waals surface area contributed by atoms with Crippen LogP contribution in [0.25, 0.3) is 0 Å². The van der Waals surface area contributed by atoms with Crippen LogP contribution in [-0.4, -0.2) is 53.7 Å². The van der Waals surface area contributed by atoms with Crippen LogP contribution >= 0.6 is 23.7 Å². The van der Waals surface area contributed by atoms with Gasteiger partial charge in [-0.3, -0.25) is 14.9 Å². The molecule has 0 aliphatic carbocycles. The molecule has 0 saturated carbocycles. The van der Waals surface area contributed by atoms with Crippen molar-refractivity contribution in [1.82, 2.24) is 9.62 Å². The molecule has 7 nitrogen and oxygen atoms in total. The minimum Gasteiger partial charge on any atom is -0.378 e. The summed E-state index contributed by atoms with van der Waals surface area (Å²) < 4.78 is 8.39. The average molecular weight is 357 g/mol. The summed E-state index contributed by atoms with van der Waals surface area (Å²) in [6.07, 6.45) is 0.536. The molecule has 2 rings (SSSR count). The van der Waals surface area contributed by atoms with E-state index in [1.165, 1.54) is 24.1 Å². The third-order valence-corrected chi connectivity index (χ3v) is 5.04. The number of ether oxygens (including phenoxy) is 1. The van der Waals surface area contributed by atoms with Gasteiger partial charge in [0.1, 0.15) is 0 Å². The summed E-state index contributed by atoms with van der Waals surface area (Å²) in [4.78, 5) is 24.8. The second kappa shape index (κ2) is 9.76. The quantitative estimate of drug-likeness (QED) is 0.251. The molecule has 1 aliphatic rings. The van der Waals surface area contributed by atoms with E-state index in [-0.39, 0.29) is 11.6 Å². The smallest absolute Gasteiger partial charge is 0.269 e.